The van der Waals surface area contributed by atoms with Crippen LogP contribution < -0.4 is 10.1 Å². The third-order valence-electron chi connectivity index (χ3n) is 4.54. The van der Waals surface area contributed by atoms with E-state index in [2.05, 4.69) is 31.4 Å². The van der Waals surface area contributed by atoms with E-state index in [0.29, 0.717) is 19.2 Å². The van der Waals surface area contributed by atoms with Crippen molar-refractivity contribution in [2.75, 3.05) is 26.6 Å². The second kappa shape index (κ2) is 10.1. The van der Waals surface area contributed by atoms with Gasteiger partial charge in [0.2, 0.25) is 0 Å². The average molecular weight is 436 g/mol. The number of aromatic nitrogens is 2. The Morgan fingerprint density at radius 1 is 1.22 bits per heavy atom. The van der Waals surface area contributed by atoms with Gasteiger partial charge in [0.05, 0.1) is 11.4 Å². The molecule has 0 atom stereocenters. The Morgan fingerprint density at radius 2 is 2.04 bits per heavy atom. The van der Waals surface area contributed by atoms with Gasteiger partial charge in [-0.3, -0.25) is 0 Å². The van der Waals surface area contributed by atoms with Crippen LogP contribution in [0.5, 0.6) is 5.75 Å². The Kier molecular flexibility index (Phi) is 7.58. The molecule has 6 nitrogen and oxygen atoms in total. The molecule has 1 aliphatic heterocycles. The molecule has 146 valence electrons. The molecule has 2 heterocycles. The van der Waals surface area contributed by atoms with Crippen molar-refractivity contribution in [1.82, 2.24) is 15.5 Å². The first-order chi connectivity index (χ1) is 13.2. The van der Waals surface area contributed by atoms with E-state index in [-0.39, 0.29) is 6.79 Å². The quantitative estimate of drug-likeness (QED) is 0.501. The van der Waals surface area contributed by atoms with Gasteiger partial charge in [0.15, 0.2) is 6.79 Å². The largest absolute Gasteiger partial charge is 0.467 e. The van der Waals surface area contributed by atoms with Crippen molar-refractivity contribution in [2.45, 2.75) is 39.3 Å². The standard InChI is InChI=1S/C20H26BrN3O3/c1-3-25-13-27-19-11-15(21)10-14(2)20(19)18-5-4-17(23-24-18)12-22-16-6-8-26-9-7-16/h4-5,10-11,16,22H,3,6-9,12-13H2,1-2H3. The Labute approximate surface area is 168 Å². The highest BCUT2D eigenvalue weighted by Gasteiger charge is 2.15. The van der Waals surface area contributed by atoms with E-state index in [1.165, 1.54) is 0 Å². The minimum Gasteiger partial charge on any atom is -0.467 e. The molecule has 0 amide bonds. The number of ether oxygens (including phenoxy) is 3. The summed E-state index contributed by atoms with van der Waals surface area (Å²) in [6.07, 6.45) is 2.09. The maximum Gasteiger partial charge on any atom is 0.189 e. The first-order valence-corrected chi connectivity index (χ1v) is 10.1. The minimum absolute atomic E-state index is 0.208. The van der Waals surface area contributed by atoms with Gasteiger partial charge in [0, 0.05) is 42.4 Å². The van der Waals surface area contributed by atoms with Gasteiger partial charge in [0.1, 0.15) is 5.75 Å². The summed E-state index contributed by atoms with van der Waals surface area (Å²) >= 11 is 3.52. The van der Waals surface area contributed by atoms with E-state index in [1.54, 1.807) is 0 Å². The van der Waals surface area contributed by atoms with Crippen molar-refractivity contribution in [3.05, 3.63) is 40.0 Å². The Balaban J connectivity index is 1.71. The van der Waals surface area contributed by atoms with Crippen molar-refractivity contribution in [3.63, 3.8) is 0 Å². The summed E-state index contributed by atoms with van der Waals surface area (Å²) in [5.41, 5.74) is 3.73. The van der Waals surface area contributed by atoms with Crippen LogP contribution in [0.25, 0.3) is 11.3 Å². The second-order valence-electron chi connectivity index (χ2n) is 6.53. The second-order valence-corrected chi connectivity index (χ2v) is 7.44. The topological polar surface area (TPSA) is 65.5 Å². The number of nitrogens with zero attached hydrogens (tertiary/aromatic N) is 2. The molecule has 27 heavy (non-hydrogen) atoms. The fourth-order valence-corrected chi connectivity index (χ4v) is 3.63. The molecule has 1 aliphatic rings. The number of aryl methyl sites for hydroxylation is 1. The molecular weight excluding hydrogens is 410 g/mol. The predicted octanol–water partition coefficient (Wildman–Crippen LogP) is 3.86. The summed E-state index contributed by atoms with van der Waals surface area (Å²) in [6.45, 7) is 7.16. The molecule has 0 aliphatic carbocycles. The predicted molar refractivity (Wildman–Crippen MR) is 108 cm³/mol. The number of benzene rings is 1. The van der Waals surface area contributed by atoms with Gasteiger partial charge < -0.3 is 19.5 Å². The lowest BCUT2D eigenvalue weighted by molar-refractivity contribution is 0.0227. The lowest BCUT2D eigenvalue weighted by atomic mass is 10.0. The van der Waals surface area contributed by atoms with Gasteiger partial charge in [0.25, 0.3) is 0 Å². The smallest absolute Gasteiger partial charge is 0.189 e. The monoisotopic (exact) mass is 435 g/mol. The lowest BCUT2D eigenvalue weighted by Gasteiger charge is -2.22. The van der Waals surface area contributed by atoms with Crippen LogP contribution in [0, 0.1) is 6.92 Å². The highest BCUT2D eigenvalue weighted by Crippen LogP contribution is 2.35. The van der Waals surface area contributed by atoms with Crippen LogP contribution in [0.4, 0.5) is 0 Å². The molecule has 0 bridgehead atoms. The normalized spacial score (nSPS) is 15.1. The third kappa shape index (κ3) is 5.72. The number of halogens is 1. The summed E-state index contributed by atoms with van der Waals surface area (Å²) in [6, 6.07) is 8.49. The van der Waals surface area contributed by atoms with Crippen LogP contribution >= 0.6 is 15.9 Å². The van der Waals surface area contributed by atoms with Gasteiger partial charge in [-0.25, -0.2) is 0 Å². The molecule has 0 saturated carbocycles. The molecule has 1 fully saturated rings. The summed E-state index contributed by atoms with van der Waals surface area (Å²) < 4.78 is 17.5. The number of rotatable bonds is 8. The van der Waals surface area contributed by atoms with Crippen molar-refractivity contribution in [1.29, 1.82) is 0 Å². The van der Waals surface area contributed by atoms with Gasteiger partial charge in [-0.2, -0.15) is 10.2 Å². The van der Waals surface area contributed by atoms with Crippen LogP contribution in [0.3, 0.4) is 0 Å². The number of hydrogen-bond acceptors (Lipinski definition) is 6. The molecule has 1 aromatic carbocycles. The van der Waals surface area contributed by atoms with Gasteiger partial charge in [-0.1, -0.05) is 15.9 Å². The van der Waals surface area contributed by atoms with Crippen LogP contribution in [0.2, 0.25) is 0 Å². The molecule has 2 aromatic rings. The zero-order valence-electron chi connectivity index (χ0n) is 15.8. The van der Waals surface area contributed by atoms with Crippen molar-refractivity contribution in [2.24, 2.45) is 0 Å². The molecule has 3 rings (SSSR count). The van der Waals surface area contributed by atoms with Crippen LogP contribution in [0.1, 0.15) is 31.0 Å². The van der Waals surface area contributed by atoms with E-state index >= 15 is 0 Å². The van der Waals surface area contributed by atoms with E-state index in [4.69, 9.17) is 14.2 Å². The van der Waals surface area contributed by atoms with Crippen LogP contribution in [-0.4, -0.2) is 42.9 Å². The summed E-state index contributed by atoms with van der Waals surface area (Å²) in [5.74, 6) is 0.734. The van der Waals surface area contributed by atoms with E-state index in [1.807, 2.05) is 38.1 Å². The molecule has 7 heteroatoms. The van der Waals surface area contributed by atoms with Gasteiger partial charge in [-0.15, -0.1) is 0 Å². The Bertz CT molecular complexity index is 734. The van der Waals surface area contributed by atoms with Gasteiger partial charge >= 0.3 is 0 Å². The van der Waals surface area contributed by atoms with Crippen LogP contribution in [0.15, 0.2) is 28.7 Å². The first kappa shape index (κ1) is 20.2. The van der Waals surface area contributed by atoms with E-state index in [9.17, 15) is 0 Å². The third-order valence-corrected chi connectivity index (χ3v) is 4.99. The van der Waals surface area contributed by atoms with E-state index in [0.717, 1.165) is 58.8 Å². The molecule has 0 unspecified atom stereocenters. The summed E-state index contributed by atoms with van der Waals surface area (Å²) in [4.78, 5) is 0. The first-order valence-electron chi connectivity index (χ1n) is 9.32. The fraction of sp³-hybridized carbons (Fsp3) is 0.500. The molecular formula is C20H26BrN3O3. The minimum atomic E-state index is 0.208. The Morgan fingerprint density at radius 3 is 2.74 bits per heavy atom. The Hall–Kier alpha value is -1.54. The maximum atomic E-state index is 5.81. The summed E-state index contributed by atoms with van der Waals surface area (Å²) in [7, 11) is 0. The summed E-state index contributed by atoms with van der Waals surface area (Å²) in [5, 5.41) is 12.4. The number of nitrogens with one attached hydrogen (secondary N) is 1. The molecule has 1 aromatic heterocycles. The lowest BCUT2D eigenvalue weighted by Crippen LogP contribution is -2.34. The fourth-order valence-electron chi connectivity index (χ4n) is 3.08. The highest BCUT2D eigenvalue weighted by atomic mass is 79.9. The van der Waals surface area contributed by atoms with Crippen molar-refractivity contribution < 1.29 is 14.2 Å². The van der Waals surface area contributed by atoms with Crippen LogP contribution in [-0.2, 0) is 16.0 Å². The highest BCUT2D eigenvalue weighted by molar-refractivity contribution is 9.10. The van der Waals surface area contributed by atoms with Crippen molar-refractivity contribution in [3.8, 4) is 17.0 Å². The van der Waals surface area contributed by atoms with Gasteiger partial charge in [-0.05, 0) is 56.5 Å². The maximum absolute atomic E-state index is 5.81. The zero-order valence-corrected chi connectivity index (χ0v) is 17.4. The molecule has 0 spiro atoms. The van der Waals surface area contributed by atoms with E-state index < -0.39 is 0 Å². The average Bonchev–Trinajstić information content (AvgIpc) is 2.68. The van der Waals surface area contributed by atoms with Crippen molar-refractivity contribution >= 4 is 15.9 Å². The number of hydrogen-bond donors (Lipinski definition) is 1. The SMILES string of the molecule is CCOCOc1cc(Br)cc(C)c1-c1ccc(CNC2CCOCC2)nn1. The zero-order chi connectivity index (χ0) is 19.1. The molecule has 1 saturated heterocycles. The molecule has 1 N–H and O–H groups in total. The molecule has 0 radical (unpaired) electrons.